The van der Waals surface area contributed by atoms with Gasteiger partial charge in [-0.25, -0.2) is 0 Å². The minimum absolute atomic E-state index is 0.0134. The molecule has 0 aromatic carbocycles. The monoisotopic (exact) mass is 344 g/mol. The third-order valence-corrected chi connectivity index (χ3v) is 5.16. The van der Waals surface area contributed by atoms with E-state index in [9.17, 15) is 14.4 Å². The van der Waals surface area contributed by atoms with Gasteiger partial charge in [-0.05, 0) is 31.9 Å². The smallest absolute Gasteiger partial charge is 0.253 e. The normalized spacial score (nSPS) is 24.4. The Labute approximate surface area is 147 Å². The maximum absolute atomic E-state index is 12.9. The average molecular weight is 344 g/mol. The van der Waals surface area contributed by atoms with Crippen molar-refractivity contribution in [1.29, 1.82) is 0 Å². The number of piperidine rings is 1. The van der Waals surface area contributed by atoms with Crippen LogP contribution in [0.25, 0.3) is 0 Å². The van der Waals surface area contributed by atoms with Crippen molar-refractivity contribution in [2.45, 2.75) is 25.8 Å². The SMILES string of the molecule is C[C@H]1CN(C(=O)[C@H]2CCCN(C(=O)c3ccncc3)C2)CC(=O)N1C. The van der Waals surface area contributed by atoms with E-state index in [1.807, 2.05) is 6.92 Å². The number of likely N-dealkylation sites (tertiary alicyclic amines) is 1. The first kappa shape index (κ1) is 17.4. The number of piperazine rings is 1. The summed E-state index contributed by atoms with van der Waals surface area (Å²) in [5.74, 6) is -0.348. The van der Waals surface area contributed by atoms with E-state index >= 15 is 0 Å². The summed E-state index contributed by atoms with van der Waals surface area (Å²) in [5, 5.41) is 0. The van der Waals surface area contributed by atoms with Crippen LogP contribution in [-0.4, -0.2) is 76.7 Å². The van der Waals surface area contributed by atoms with Crippen molar-refractivity contribution >= 4 is 17.7 Å². The van der Waals surface area contributed by atoms with Gasteiger partial charge in [0.2, 0.25) is 11.8 Å². The summed E-state index contributed by atoms with van der Waals surface area (Å²) in [6.45, 7) is 3.69. The van der Waals surface area contributed by atoms with Crippen LogP contribution in [0.3, 0.4) is 0 Å². The van der Waals surface area contributed by atoms with Crippen LogP contribution in [0, 0.1) is 5.92 Å². The number of hydrogen-bond donors (Lipinski definition) is 0. The Morgan fingerprint density at radius 1 is 1.16 bits per heavy atom. The summed E-state index contributed by atoms with van der Waals surface area (Å²) >= 11 is 0. The fourth-order valence-electron chi connectivity index (χ4n) is 3.49. The molecule has 1 aromatic rings. The van der Waals surface area contributed by atoms with Crippen LogP contribution in [0.15, 0.2) is 24.5 Å². The minimum Gasteiger partial charge on any atom is -0.340 e. The van der Waals surface area contributed by atoms with Crippen LogP contribution >= 0.6 is 0 Å². The Morgan fingerprint density at radius 3 is 2.56 bits per heavy atom. The van der Waals surface area contributed by atoms with Crippen LogP contribution in [0.1, 0.15) is 30.1 Å². The molecular formula is C18H24N4O3. The van der Waals surface area contributed by atoms with E-state index in [1.54, 1.807) is 46.3 Å². The molecule has 2 fully saturated rings. The maximum atomic E-state index is 12.9. The third-order valence-electron chi connectivity index (χ3n) is 5.16. The van der Waals surface area contributed by atoms with E-state index in [1.165, 1.54) is 0 Å². The lowest BCUT2D eigenvalue weighted by Crippen LogP contribution is -2.57. The van der Waals surface area contributed by atoms with Crippen LogP contribution < -0.4 is 0 Å². The number of nitrogens with zero attached hydrogens (tertiary/aromatic N) is 4. The lowest BCUT2D eigenvalue weighted by atomic mass is 9.95. The zero-order chi connectivity index (χ0) is 18.0. The molecule has 0 N–H and O–H groups in total. The Balaban J connectivity index is 1.66. The number of carbonyl (C=O) groups is 3. The first-order valence-electron chi connectivity index (χ1n) is 8.71. The highest BCUT2D eigenvalue weighted by Crippen LogP contribution is 2.22. The Hall–Kier alpha value is -2.44. The first-order chi connectivity index (χ1) is 12.0. The van der Waals surface area contributed by atoms with Crippen LogP contribution in [-0.2, 0) is 9.59 Å². The fraction of sp³-hybridized carbons (Fsp3) is 0.556. The van der Waals surface area contributed by atoms with Crippen LogP contribution in [0.4, 0.5) is 0 Å². The topological polar surface area (TPSA) is 73.8 Å². The Kier molecular flexibility index (Phi) is 5.01. The molecule has 0 spiro atoms. The number of rotatable bonds is 2. The zero-order valence-corrected chi connectivity index (χ0v) is 14.7. The number of carbonyl (C=O) groups excluding carboxylic acids is 3. The van der Waals surface area contributed by atoms with Crippen LogP contribution in [0.2, 0.25) is 0 Å². The van der Waals surface area contributed by atoms with Gasteiger partial charge in [0.05, 0.1) is 12.5 Å². The van der Waals surface area contributed by atoms with E-state index in [2.05, 4.69) is 4.98 Å². The molecule has 3 heterocycles. The standard InChI is InChI=1S/C18H24N4O3/c1-13-10-22(12-16(23)20(13)2)18(25)15-4-3-9-21(11-15)17(24)14-5-7-19-8-6-14/h5-8,13,15H,3-4,9-12H2,1-2H3/t13-,15-/m0/s1. The van der Waals surface area contributed by atoms with E-state index in [0.29, 0.717) is 25.2 Å². The minimum atomic E-state index is -0.233. The first-order valence-corrected chi connectivity index (χ1v) is 8.71. The molecule has 3 amide bonds. The van der Waals surface area contributed by atoms with Crippen molar-refractivity contribution in [1.82, 2.24) is 19.7 Å². The number of amides is 3. The molecule has 0 radical (unpaired) electrons. The summed E-state index contributed by atoms with van der Waals surface area (Å²) in [5.41, 5.74) is 0.589. The molecular weight excluding hydrogens is 320 g/mol. The highest BCUT2D eigenvalue weighted by atomic mass is 16.2. The summed E-state index contributed by atoms with van der Waals surface area (Å²) in [4.78, 5) is 46.5. The predicted octanol–water partition coefficient (Wildman–Crippen LogP) is 0.623. The third kappa shape index (κ3) is 3.65. The molecule has 0 bridgehead atoms. The molecule has 3 rings (SSSR count). The fourth-order valence-corrected chi connectivity index (χ4v) is 3.49. The molecule has 0 unspecified atom stereocenters. The summed E-state index contributed by atoms with van der Waals surface area (Å²) in [6.07, 6.45) is 4.74. The molecule has 25 heavy (non-hydrogen) atoms. The van der Waals surface area contributed by atoms with E-state index in [4.69, 9.17) is 0 Å². The van der Waals surface area contributed by atoms with Gasteiger partial charge >= 0.3 is 0 Å². The van der Waals surface area contributed by atoms with Gasteiger partial charge in [-0.1, -0.05) is 0 Å². The number of pyridine rings is 1. The van der Waals surface area contributed by atoms with Crippen molar-refractivity contribution in [2.24, 2.45) is 5.92 Å². The molecule has 0 aliphatic carbocycles. The quantitative estimate of drug-likeness (QED) is 0.788. The molecule has 2 aliphatic heterocycles. The van der Waals surface area contributed by atoms with Gasteiger partial charge in [0.15, 0.2) is 0 Å². The van der Waals surface area contributed by atoms with Crippen molar-refractivity contribution in [3.05, 3.63) is 30.1 Å². The summed E-state index contributed by atoms with van der Waals surface area (Å²) < 4.78 is 0. The van der Waals surface area contributed by atoms with Gasteiger partial charge in [0, 0.05) is 50.7 Å². The predicted molar refractivity (Wildman–Crippen MR) is 91.7 cm³/mol. The summed E-state index contributed by atoms with van der Waals surface area (Å²) in [6, 6.07) is 3.40. The Bertz CT molecular complexity index is 664. The van der Waals surface area contributed by atoms with Gasteiger partial charge in [-0.15, -0.1) is 0 Å². The Morgan fingerprint density at radius 2 is 1.88 bits per heavy atom. The van der Waals surface area contributed by atoms with Crippen molar-refractivity contribution in [2.75, 3.05) is 33.2 Å². The summed E-state index contributed by atoms with van der Waals surface area (Å²) in [7, 11) is 1.77. The zero-order valence-electron chi connectivity index (χ0n) is 14.7. The second-order valence-corrected chi connectivity index (χ2v) is 6.90. The largest absolute Gasteiger partial charge is 0.340 e. The highest BCUT2D eigenvalue weighted by molar-refractivity contribution is 5.94. The van der Waals surface area contributed by atoms with Crippen molar-refractivity contribution in [3.8, 4) is 0 Å². The van der Waals surface area contributed by atoms with Crippen LogP contribution in [0.5, 0.6) is 0 Å². The van der Waals surface area contributed by atoms with Crippen molar-refractivity contribution in [3.63, 3.8) is 0 Å². The average Bonchev–Trinajstić information content (AvgIpc) is 2.65. The molecule has 2 saturated heterocycles. The van der Waals surface area contributed by atoms with Gasteiger partial charge in [-0.3, -0.25) is 19.4 Å². The number of likely N-dealkylation sites (N-methyl/N-ethyl adjacent to an activating group) is 1. The highest BCUT2D eigenvalue weighted by Gasteiger charge is 2.36. The molecule has 0 saturated carbocycles. The van der Waals surface area contributed by atoms with E-state index in [-0.39, 0.29) is 36.2 Å². The van der Waals surface area contributed by atoms with Crippen molar-refractivity contribution < 1.29 is 14.4 Å². The van der Waals surface area contributed by atoms with Gasteiger partial charge < -0.3 is 14.7 Å². The number of aromatic nitrogens is 1. The molecule has 2 atom stereocenters. The van der Waals surface area contributed by atoms with E-state index < -0.39 is 0 Å². The molecule has 7 nitrogen and oxygen atoms in total. The van der Waals surface area contributed by atoms with Gasteiger partial charge in [0.1, 0.15) is 0 Å². The lowest BCUT2D eigenvalue weighted by molar-refractivity contribution is -0.149. The molecule has 7 heteroatoms. The maximum Gasteiger partial charge on any atom is 0.253 e. The second-order valence-electron chi connectivity index (χ2n) is 6.90. The molecule has 134 valence electrons. The molecule has 1 aromatic heterocycles. The van der Waals surface area contributed by atoms with Gasteiger partial charge in [-0.2, -0.15) is 0 Å². The second kappa shape index (κ2) is 7.21. The molecule has 2 aliphatic rings. The number of hydrogen-bond acceptors (Lipinski definition) is 4. The lowest BCUT2D eigenvalue weighted by Gasteiger charge is -2.40. The van der Waals surface area contributed by atoms with Gasteiger partial charge in [0.25, 0.3) is 5.91 Å². The van der Waals surface area contributed by atoms with E-state index in [0.717, 1.165) is 12.8 Å².